The monoisotopic (exact) mass is 245 g/mol. The number of amides is 1. The zero-order valence-corrected chi connectivity index (χ0v) is 9.45. The Morgan fingerprint density at radius 3 is 2.75 bits per heavy atom. The van der Waals surface area contributed by atoms with E-state index in [0.29, 0.717) is 12.8 Å². The molecule has 1 rings (SSSR count). The lowest BCUT2D eigenvalue weighted by atomic mass is 10.1. The van der Waals surface area contributed by atoms with Crippen molar-refractivity contribution in [2.75, 3.05) is 0 Å². The van der Waals surface area contributed by atoms with E-state index in [9.17, 15) is 9.59 Å². The fraction of sp³-hybridized carbons (Fsp3) is 0.400. The van der Waals surface area contributed by atoms with Crippen LogP contribution in [0.5, 0.6) is 0 Å². The highest BCUT2D eigenvalue weighted by Gasteiger charge is 2.21. The van der Waals surface area contributed by atoms with Crippen LogP contribution < -0.4 is 5.32 Å². The molecule has 2 N–H and O–H groups in total. The molecule has 0 spiro atoms. The SMILES string of the molecule is CCCC(NC(=O)c1ccoc1Cl)C(=O)O. The van der Waals surface area contributed by atoms with Gasteiger partial charge in [0.1, 0.15) is 6.04 Å². The van der Waals surface area contributed by atoms with Gasteiger partial charge in [-0.15, -0.1) is 0 Å². The first kappa shape index (κ1) is 12.6. The molecule has 16 heavy (non-hydrogen) atoms. The summed E-state index contributed by atoms with van der Waals surface area (Å²) in [5.41, 5.74) is 0.143. The second-order valence-electron chi connectivity index (χ2n) is 3.26. The van der Waals surface area contributed by atoms with E-state index >= 15 is 0 Å². The smallest absolute Gasteiger partial charge is 0.326 e. The van der Waals surface area contributed by atoms with Crippen molar-refractivity contribution < 1.29 is 19.1 Å². The molecule has 0 aliphatic heterocycles. The molecule has 1 amide bonds. The molecular weight excluding hydrogens is 234 g/mol. The summed E-state index contributed by atoms with van der Waals surface area (Å²) in [5, 5.41) is 11.2. The second-order valence-corrected chi connectivity index (χ2v) is 3.60. The average molecular weight is 246 g/mol. The van der Waals surface area contributed by atoms with Gasteiger partial charge in [-0.2, -0.15) is 0 Å². The number of carbonyl (C=O) groups excluding carboxylic acids is 1. The highest BCUT2D eigenvalue weighted by Crippen LogP contribution is 2.16. The lowest BCUT2D eigenvalue weighted by Crippen LogP contribution is -2.40. The van der Waals surface area contributed by atoms with Gasteiger partial charge in [-0.3, -0.25) is 4.79 Å². The summed E-state index contributed by atoms with van der Waals surface area (Å²) >= 11 is 5.60. The van der Waals surface area contributed by atoms with Gasteiger partial charge in [0.05, 0.1) is 11.8 Å². The van der Waals surface area contributed by atoms with Crippen molar-refractivity contribution >= 4 is 23.5 Å². The zero-order chi connectivity index (χ0) is 12.1. The van der Waals surface area contributed by atoms with Crippen molar-refractivity contribution in [2.24, 2.45) is 0 Å². The van der Waals surface area contributed by atoms with Gasteiger partial charge in [-0.05, 0) is 24.1 Å². The van der Waals surface area contributed by atoms with Gasteiger partial charge in [-0.1, -0.05) is 13.3 Å². The van der Waals surface area contributed by atoms with Crippen LogP contribution in [-0.2, 0) is 4.79 Å². The third-order valence-corrected chi connectivity index (χ3v) is 2.34. The van der Waals surface area contributed by atoms with Gasteiger partial charge >= 0.3 is 5.97 Å². The van der Waals surface area contributed by atoms with E-state index in [-0.39, 0.29) is 10.8 Å². The highest BCUT2D eigenvalue weighted by molar-refractivity contribution is 6.32. The number of carboxylic acids is 1. The minimum absolute atomic E-state index is 0.0434. The maximum Gasteiger partial charge on any atom is 0.326 e. The first-order chi connectivity index (χ1) is 7.56. The standard InChI is InChI=1S/C10H12ClNO4/c1-2-3-7(10(14)15)12-9(13)6-4-5-16-8(6)11/h4-5,7H,2-3H2,1H3,(H,12,13)(H,14,15). The Morgan fingerprint density at radius 1 is 1.62 bits per heavy atom. The number of nitrogens with one attached hydrogen (secondary N) is 1. The fourth-order valence-corrected chi connectivity index (χ4v) is 1.44. The molecule has 6 heteroatoms. The van der Waals surface area contributed by atoms with Gasteiger partial charge in [0, 0.05) is 0 Å². The molecule has 1 aromatic heterocycles. The summed E-state index contributed by atoms with van der Waals surface area (Å²) in [6.45, 7) is 1.84. The quantitative estimate of drug-likeness (QED) is 0.831. The minimum Gasteiger partial charge on any atom is -0.480 e. The Bertz CT molecular complexity index is 388. The number of hydrogen-bond donors (Lipinski definition) is 2. The average Bonchev–Trinajstić information content (AvgIpc) is 2.63. The summed E-state index contributed by atoms with van der Waals surface area (Å²) < 4.78 is 4.74. The summed E-state index contributed by atoms with van der Waals surface area (Å²) in [4.78, 5) is 22.4. The normalized spacial score (nSPS) is 12.1. The number of aliphatic carboxylic acids is 1. The first-order valence-corrected chi connectivity index (χ1v) is 5.20. The van der Waals surface area contributed by atoms with Crippen molar-refractivity contribution in [3.8, 4) is 0 Å². The Balaban J connectivity index is 2.69. The predicted molar refractivity (Wildman–Crippen MR) is 57.5 cm³/mol. The van der Waals surface area contributed by atoms with E-state index < -0.39 is 17.9 Å². The van der Waals surface area contributed by atoms with Crippen molar-refractivity contribution in [2.45, 2.75) is 25.8 Å². The van der Waals surface area contributed by atoms with E-state index in [2.05, 4.69) is 5.32 Å². The Hall–Kier alpha value is -1.49. The molecule has 0 saturated heterocycles. The molecule has 0 saturated carbocycles. The maximum atomic E-state index is 11.6. The van der Waals surface area contributed by atoms with Gasteiger partial charge < -0.3 is 14.8 Å². The van der Waals surface area contributed by atoms with Crippen molar-refractivity contribution in [3.63, 3.8) is 0 Å². The van der Waals surface area contributed by atoms with Crippen LogP contribution >= 0.6 is 11.6 Å². The van der Waals surface area contributed by atoms with Gasteiger partial charge in [0.2, 0.25) is 5.22 Å². The molecule has 0 bridgehead atoms. The number of hydrogen-bond acceptors (Lipinski definition) is 3. The molecule has 1 aromatic rings. The first-order valence-electron chi connectivity index (χ1n) is 4.83. The van der Waals surface area contributed by atoms with Crippen molar-refractivity contribution in [1.82, 2.24) is 5.32 Å². The summed E-state index contributed by atoms with van der Waals surface area (Å²) in [6.07, 6.45) is 2.31. The number of carboxylic acid groups (broad SMARTS) is 1. The Morgan fingerprint density at radius 2 is 2.31 bits per heavy atom. The fourth-order valence-electron chi connectivity index (χ4n) is 1.24. The van der Waals surface area contributed by atoms with Crippen LogP contribution in [0.4, 0.5) is 0 Å². The molecule has 0 radical (unpaired) electrons. The van der Waals surface area contributed by atoms with Crippen LogP contribution in [-0.4, -0.2) is 23.0 Å². The molecule has 88 valence electrons. The van der Waals surface area contributed by atoms with E-state index in [1.807, 2.05) is 6.92 Å². The molecule has 0 aromatic carbocycles. The van der Waals surface area contributed by atoms with Crippen LogP contribution in [0.2, 0.25) is 5.22 Å². The summed E-state index contributed by atoms with van der Waals surface area (Å²) in [5.74, 6) is -1.60. The zero-order valence-electron chi connectivity index (χ0n) is 8.70. The maximum absolute atomic E-state index is 11.6. The van der Waals surface area contributed by atoms with Crippen LogP contribution in [0, 0.1) is 0 Å². The topological polar surface area (TPSA) is 79.5 Å². The predicted octanol–water partition coefficient (Wildman–Crippen LogP) is 1.92. The molecule has 0 fully saturated rings. The Kier molecular flexibility index (Phi) is 4.37. The number of furan rings is 1. The summed E-state index contributed by atoms with van der Waals surface area (Å²) in [6, 6.07) is 0.492. The van der Waals surface area contributed by atoms with Crippen molar-refractivity contribution in [1.29, 1.82) is 0 Å². The molecule has 1 unspecified atom stereocenters. The van der Waals surface area contributed by atoms with E-state index in [4.69, 9.17) is 21.1 Å². The second kappa shape index (κ2) is 5.55. The van der Waals surface area contributed by atoms with Gasteiger partial charge in [0.25, 0.3) is 5.91 Å². The Labute approximate surface area is 97.4 Å². The highest BCUT2D eigenvalue weighted by atomic mass is 35.5. The third-order valence-electron chi connectivity index (χ3n) is 2.04. The van der Waals surface area contributed by atoms with E-state index in [1.54, 1.807) is 0 Å². The molecule has 1 atom stereocenters. The molecule has 0 aliphatic rings. The lowest BCUT2D eigenvalue weighted by Gasteiger charge is -2.12. The number of carbonyl (C=O) groups is 2. The summed E-state index contributed by atoms with van der Waals surface area (Å²) in [7, 11) is 0. The lowest BCUT2D eigenvalue weighted by molar-refractivity contribution is -0.139. The van der Waals surface area contributed by atoms with Crippen LogP contribution in [0.25, 0.3) is 0 Å². The number of halogens is 1. The molecule has 1 heterocycles. The van der Waals surface area contributed by atoms with Crippen LogP contribution in [0.3, 0.4) is 0 Å². The van der Waals surface area contributed by atoms with Crippen LogP contribution in [0.1, 0.15) is 30.1 Å². The van der Waals surface area contributed by atoms with E-state index in [1.165, 1.54) is 12.3 Å². The third kappa shape index (κ3) is 3.00. The largest absolute Gasteiger partial charge is 0.480 e. The molecule has 0 aliphatic carbocycles. The molecular formula is C10H12ClNO4. The van der Waals surface area contributed by atoms with Crippen molar-refractivity contribution in [3.05, 3.63) is 23.1 Å². The van der Waals surface area contributed by atoms with Gasteiger partial charge in [-0.25, -0.2) is 4.79 Å². The van der Waals surface area contributed by atoms with Gasteiger partial charge in [0.15, 0.2) is 0 Å². The minimum atomic E-state index is -1.06. The number of rotatable bonds is 5. The molecule has 5 nitrogen and oxygen atoms in total. The van der Waals surface area contributed by atoms with E-state index in [0.717, 1.165) is 0 Å². The van der Waals surface area contributed by atoms with Crippen LogP contribution in [0.15, 0.2) is 16.7 Å².